The number of ether oxygens (including phenoxy) is 1. The summed E-state index contributed by atoms with van der Waals surface area (Å²) in [5.74, 6) is -0.756. The SMILES string of the molecule is COc1ccc(C(=O)N(CCC#N)C(C)C)cc1F. The summed E-state index contributed by atoms with van der Waals surface area (Å²) in [6.07, 6.45) is 0.253. The van der Waals surface area contributed by atoms with Gasteiger partial charge in [0, 0.05) is 18.2 Å². The molecule has 0 radical (unpaired) electrons. The van der Waals surface area contributed by atoms with Gasteiger partial charge in [-0.15, -0.1) is 0 Å². The van der Waals surface area contributed by atoms with Gasteiger partial charge in [-0.3, -0.25) is 4.79 Å². The van der Waals surface area contributed by atoms with Gasteiger partial charge in [0.25, 0.3) is 5.91 Å². The Hall–Kier alpha value is -2.09. The minimum atomic E-state index is -0.572. The first-order chi connectivity index (χ1) is 9.01. The third-order valence-corrected chi connectivity index (χ3v) is 2.75. The average molecular weight is 264 g/mol. The molecule has 0 aliphatic rings. The smallest absolute Gasteiger partial charge is 0.254 e. The highest BCUT2D eigenvalue weighted by atomic mass is 19.1. The van der Waals surface area contributed by atoms with Crippen molar-refractivity contribution in [1.29, 1.82) is 5.26 Å². The topological polar surface area (TPSA) is 53.3 Å². The molecular weight excluding hydrogens is 247 g/mol. The van der Waals surface area contributed by atoms with Crippen LogP contribution in [0.1, 0.15) is 30.6 Å². The zero-order valence-electron chi connectivity index (χ0n) is 11.3. The molecule has 1 amide bonds. The third kappa shape index (κ3) is 3.68. The van der Waals surface area contributed by atoms with Crippen LogP contribution in [-0.2, 0) is 0 Å². The normalized spacial score (nSPS) is 10.1. The monoisotopic (exact) mass is 264 g/mol. The van der Waals surface area contributed by atoms with Gasteiger partial charge < -0.3 is 9.64 Å². The second-order valence-corrected chi connectivity index (χ2v) is 4.35. The number of halogens is 1. The molecule has 0 aliphatic carbocycles. The second-order valence-electron chi connectivity index (χ2n) is 4.35. The van der Waals surface area contributed by atoms with E-state index in [1.807, 2.05) is 19.9 Å². The first-order valence-corrected chi connectivity index (χ1v) is 6.02. The van der Waals surface area contributed by atoms with Crippen LogP contribution in [0.15, 0.2) is 18.2 Å². The molecule has 0 heterocycles. The lowest BCUT2D eigenvalue weighted by atomic mass is 10.1. The van der Waals surface area contributed by atoms with Gasteiger partial charge >= 0.3 is 0 Å². The molecule has 0 bridgehead atoms. The van der Waals surface area contributed by atoms with Gasteiger partial charge in [0.2, 0.25) is 0 Å². The molecule has 19 heavy (non-hydrogen) atoms. The van der Waals surface area contributed by atoms with E-state index in [4.69, 9.17) is 10.00 Å². The molecule has 0 N–H and O–H groups in total. The van der Waals surface area contributed by atoms with Crippen LogP contribution in [0.4, 0.5) is 4.39 Å². The fourth-order valence-corrected chi connectivity index (χ4v) is 1.73. The lowest BCUT2D eigenvalue weighted by Gasteiger charge is -2.26. The van der Waals surface area contributed by atoms with Gasteiger partial charge in [0.05, 0.1) is 19.6 Å². The van der Waals surface area contributed by atoms with E-state index in [-0.39, 0.29) is 29.7 Å². The quantitative estimate of drug-likeness (QED) is 0.821. The molecule has 0 aliphatic heterocycles. The van der Waals surface area contributed by atoms with Gasteiger partial charge in [0.1, 0.15) is 0 Å². The molecule has 102 valence electrons. The number of methoxy groups -OCH3 is 1. The second kappa shape index (κ2) is 6.74. The van der Waals surface area contributed by atoms with E-state index in [9.17, 15) is 9.18 Å². The van der Waals surface area contributed by atoms with E-state index in [1.54, 1.807) is 4.90 Å². The van der Waals surface area contributed by atoms with Crippen molar-refractivity contribution in [2.24, 2.45) is 0 Å². The fraction of sp³-hybridized carbons (Fsp3) is 0.429. The average Bonchev–Trinajstić information content (AvgIpc) is 2.38. The third-order valence-electron chi connectivity index (χ3n) is 2.75. The summed E-state index contributed by atoms with van der Waals surface area (Å²) in [4.78, 5) is 13.8. The lowest BCUT2D eigenvalue weighted by Crippen LogP contribution is -2.37. The van der Waals surface area contributed by atoms with Crippen molar-refractivity contribution in [3.63, 3.8) is 0 Å². The van der Waals surface area contributed by atoms with Crippen LogP contribution in [0.2, 0.25) is 0 Å². The van der Waals surface area contributed by atoms with E-state index < -0.39 is 5.82 Å². The zero-order chi connectivity index (χ0) is 14.4. The van der Waals surface area contributed by atoms with E-state index >= 15 is 0 Å². The highest BCUT2D eigenvalue weighted by molar-refractivity contribution is 5.94. The van der Waals surface area contributed by atoms with Crippen LogP contribution in [0.5, 0.6) is 5.75 Å². The van der Waals surface area contributed by atoms with Crippen LogP contribution in [0, 0.1) is 17.1 Å². The molecule has 5 heteroatoms. The molecule has 0 fully saturated rings. The minimum absolute atomic E-state index is 0.0500. The van der Waals surface area contributed by atoms with Crippen molar-refractivity contribution in [2.45, 2.75) is 26.3 Å². The predicted molar refractivity (Wildman–Crippen MR) is 69.4 cm³/mol. The van der Waals surface area contributed by atoms with E-state index in [2.05, 4.69) is 0 Å². The van der Waals surface area contributed by atoms with Crippen LogP contribution < -0.4 is 4.74 Å². The molecule has 1 rings (SSSR count). The van der Waals surface area contributed by atoms with Crippen molar-refractivity contribution in [3.05, 3.63) is 29.6 Å². The first kappa shape index (κ1) is 15.0. The Kier molecular flexibility index (Phi) is 5.31. The highest BCUT2D eigenvalue weighted by Gasteiger charge is 2.19. The van der Waals surface area contributed by atoms with Gasteiger partial charge in [0.15, 0.2) is 11.6 Å². The molecular formula is C14H17FN2O2. The maximum Gasteiger partial charge on any atom is 0.254 e. The molecule has 0 saturated heterocycles. The van der Waals surface area contributed by atoms with Crippen molar-refractivity contribution < 1.29 is 13.9 Å². The summed E-state index contributed by atoms with van der Waals surface area (Å²) in [6, 6.07) is 6.05. The molecule has 0 aromatic heterocycles. The summed E-state index contributed by atoms with van der Waals surface area (Å²) >= 11 is 0. The minimum Gasteiger partial charge on any atom is -0.494 e. The molecule has 1 aromatic carbocycles. The van der Waals surface area contributed by atoms with Crippen LogP contribution in [-0.4, -0.2) is 30.5 Å². The maximum absolute atomic E-state index is 13.6. The largest absolute Gasteiger partial charge is 0.494 e. The van der Waals surface area contributed by atoms with E-state index in [1.165, 1.54) is 19.2 Å². The van der Waals surface area contributed by atoms with Gasteiger partial charge in [-0.2, -0.15) is 5.26 Å². The number of amides is 1. The number of hydrogen-bond acceptors (Lipinski definition) is 3. The maximum atomic E-state index is 13.6. The number of nitrogens with zero attached hydrogens (tertiary/aromatic N) is 2. The molecule has 0 unspecified atom stereocenters. The molecule has 0 saturated carbocycles. The Labute approximate surface area is 112 Å². The van der Waals surface area contributed by atoms with Crippen LogP contribution >= 0.6 is 0 Å². The number of hydrogen-bond donors (Lipinski definition) is 0. The van der Waals surface area contributed by atoms with Gasteiger partial charge in [-0.25, -0.2) is 4.39 Å². The van der Waals surface area contributed by atoms with Crippen molar-refractivity contribution >= 4 is 5.91 Å². The number of carbonyl (C=O) groups excluding carboxylic acids is 1. The van der Waals surface area contributed by atoms with Crippen molar-refractivity contribution in [3.8, 4) is 11.8 Å². The summed E-state index contributed by atoms with van der Waals surface area (Å²) in [5, 5.41) is 8.60. The Bertz CT molecular complexity index is 495. The Balaban J connectivity index is 2.97. The highest BCUT2D eigenvalue weighted by Crippen LogP contribution is 2.19. The summed E-state index contributed by atoms with van der Waals surface area (Å²) in [7, 11) is 1.37. The molecule has 1 aromatic rings. The Morgan fingerprint density at radius 2 is 2.21 bits per heavy atom. The lowest BCUT2D eigenvalue weighted by molar-refractivity contribution is 0.0709. The van der Waals surface area contributed by atoms with Crippen LogP contribution in [0.25, 0.3) is 0 Å². The summed E-state index contributed by atoms with van der Waals surface area (Å²) in [5.41, 5.74) is 0.255. The summed E-state index contributed by atoms with van der Waals surface area (Å²) < 4.78 is 18.4. The molecule has 4 nitrogen and oxygen atoms in total. The number of benzene rings is 1. The fourth-order valence-electron chi connectivity index (χ4n) is 1.73. The zero-order valence-corrected chi connectivity index (χ0v) is 11.3. The number of nitriles is 1. The number of rotatable bonds is 5. The standard InChI is InChI=1S/C14H17FN2O2/c1-10(2)17(8-4-7-16)14(18)11-5-6-13(19-3)12(15)9-11/h5-6,9-10H,4,8H2,1-3H3. The van der Waals surface area contributed by atoms with Gasteiger partial charge in [-0.05, 0) is 32.0 Å². The first-order valence-electron chi connectivity index (χ1n) is 6.02. The Morgan fingerprint density at radius 1 is 1.53 bits per heavy atom. The van der Waals surface area contributed by atoms with Crippen molar-refractivity contribution in [1.82, 2.24) is 4.90 Å². The van der Waals surface area contributed by atoms with E-state index in [0.717, 1.165) is 6.07 Å². The van der Waals surface area contributed by atoms with Crippen LogP contribution in [0.3, 0.4) is 0 Å². The summed E-state index contributed by atoms with van der Waals surface area (Å²) in [6.45, 7) is 4.05. The van der Waals surface area contributed by atoms with E-state index in [0.29, 0.717) is 6.54 Å². The number of carbonyl (C=O) groups is 1. The molecule has 0 atom stereocenters. The Morgan fingerprint density at radius 3 is 2.68 bits per heavy atom. The molecule has 0 spiro atoms. The van der Waals surface area contributed by atoms with Crippen molar-refractivity contribution in [2.75, 3.05) is 13.7 Å². The predicted octanol–water partition coefficient (Wildman–Crippen LogP) is 2.60. The van der Waals surface area contributed by atoms with Gasteiger partial charge in [-0.1, -0.05) is 0 Å².